The van der Waals surface area contributed by atoms with Crippen LogP contribution in [0.5, 0.6) is 17.2 Å². The molecular weight excluding hydrogens is 324 g/mol. The van der Waals surface area contributed by atoms with Gasteiger partial charge in [0.15, 0.2) is 0 Å². The van der Waals surface area contributed by atoms with Crippen molar-refractivity contribution in [2.75, 3.05) is 6.61 Å². The molecule has 1 aliphatic rings. The molecule has 1 aliphatic heterocycles. The Morgan fingerprint density at radius 2 is 1.23 bits per heavy atom. The number of aryl methyl sites for hydroxylation is 1. The summed E-state index contributed by atoms with van der Waals surface area (Å²) >= 11 is 0. The summed E-state index contributed by atoms with van der Waals surface area (Å²) in [6.45, 7) is 4.77. The predicted molar refractivity (Wildman–Crippen MR) is 108 cm³/mol. The Bertz CT molecular complexity index is 670. The fourth-order valence-corrected chi connectivity index (χ4v) is 2.14. The van der Waals surface area contributed by atoms with E-state index in [-0.39, 0.29) is 5.75 Å². The van der Waals surface area contributed by atoms with Crippen LogP contribution in [0.1, 0.15) is 25.8 Å². The van der Waals surface area contributed by atoms with Crippen LogP contribution in [-0.2, 0) is 6.42 Å². The maximum absolute atomic E-state index is 9.11. The van der Waals surface area contributed by atoms with Crippen molar-refractivity contribution in [3.63, 3.8) is 0 Å². The molecule has 3 nitrogen and oxygen atoms in total. The molecule has 3 aromatic carbocycles. The number of ether oxygens (including phenoxy) is 1. The lowest BCUT2D eigenvalue weighted by Gasteiger charge is -2.16. The fourth-order valence-electron chi connectivity index (χ4n) is 2.14. The maximum Gasteiger partial charge on any atom is 0.126 e. The summed E-state index contributed by atoms with van der Waals surface area (Å²) in [5.41, 5.74) is 1.20. The van der Waals surface area contributed by atoms with Gasteiger partial charge in [0.2, 0.25) is 0 Å². The summed E-state index contributed by atoms with van der Waals surface area (Å²) in [6, 6.07) is 26.0. The summed E-state index contributed by atoms with van der Waals surface area (Å²) in [4.78, 5) is 0. The van der Waals surface area contributed by atoms with E-state index in [2.05, 4.69) is 0 Å². The number of aromatic hydroxyl groups is 2. The van der Waals surface area contributed by atoms with Gasteiger partial charge < -0.3 is 14.9 Å². The monoisotopic (exact) mass is 352 g/mol. The van der Waals surface area contributed by atoms with E-state index < -0.39 is 0 Å². The molecule has 0 saturated heterocycles. The van der Waals surface area contributed by atoms with Gasteiger partial charge in [-0.25, -0.2) is 0 Å². The summed E-state index contributed by atoms with van der Waals surface area (Å²) in [5.74, 6) is 1.45. The van der Waals surface area contributed by atoms with Gasteiger partial charge in [-0.05, 0) is 36.6 Å². The number of rotatable bonds is 0. The minimum atomic E-state index is 0.283. The third-order valence-corrected chi connectivity index (χ3v) is 3.32. The SMILES string of the molecule is CC.Oc1ccc2c(c1)OCCC2.Oc1ccccc1.c1ccccc1. The van der Waals surface area contributed by atoms with Crippen LogP contribution in [0.15, 0.2) is 84.9 Å². The first-order chi connectivity index (χ1) is 12.8. The third-order valence-electron chi connectivity index (χ3n) is 3.32. The second-order valence-electron chi connectivity index (χ2n) is 5.23. The molecule has 0 spiro atoms. The molecule has 0 amide bonds. The van der Waals surface area contributed by atoms with Gasteiger partial charge in [0.25, 0.3) is 0 Å². The van der Waals surface area contributed by atoms with Crippen LogP contribution in [0.4, 0.5) is 0 Å². The lowest BCUT2D eigenvalue weighted by molar-refractivity contribution is 0.286. The molecule has 0 aliphatic carbocycles. The highest BCUT2D eigenvalue weighted by Gasteiger charge is 2.09. The van der Waals surface area contributed by atoms with E-state index in [1.54, 1.807) is 36.4 Å². The first-order valence-corrected chi connectivity index (χ1v) is 8.94. The van der Waals surface area contributed by atoms with Crippen LogP contribution in [-0.4, -0.2) is 16.8 Å². The van der Waals surface area contributed by atoms with Crippen LogP contribution < -0.4 is 4.74 Å². The quantitative estimate of drug-likeness (QED) is 0.536. The standard InChI is InChI=1S/C9H10O2.C6H6O.C6H6.C2H6/c10-8-4-3-7-2-1-5-11-9(7)6-8;7-6-4-2-1-3-5-6;1-2-4-6-5-3-1;1-2/h3-4,6,10H,1-2,5H2;1-5,7H;1-6H;1-2H3. The zero-order valence-corrected chi connectivity index (χ0v) is 15.5. The number of phenols is 2. The molecule has 0 aromatic heterocycles. The zero-order valence-electron chi connectivity index (χ0n) is 15.5. The predicted octanol–water partition coefficient (Wildman–Crippen LogP) is 5.82. The average molecular weight is 352 g/mol. The first kappa shape index (κ1) is 21.1. The average Bonchev–Trinajstić information content (AvgIpc) is 2.72. The molecule has 0 unspecified atom stereocenters. The Morgan fingerprint density at radius 3 is 1.73 bits per heavy atom. The molecule has 0 bridgehead atoms. The van der Waals surface area contributed by atoms with Crippen molar-refractivity contribution in [2.45, 2.75) is 26.7 Å². The zero-order chi connectivity index (χ0) is 19.0. The van der Waals surface area contributed by atoms with Gasteiger partial charge >= 0.3 is 0 Å². The molecule has 4 rings (SSSR count). The molecule has 0 saturated carbocycles. The van der Waals surface area contributed by atoms with E-state index in [9.17, 15) is 0 Å². The molecule has 26 heavy (non-hydrogen) atoms. The lowest BCUT2D eigenvalue weighted by Crippen LogP contribution is -2.07. The lowest BCUT2D eigenvalue weighted by atomic mass is 10.1. The summed E-state index contributed by atoms with van der Waals surface area (Å²) in [7, 11) is 0. The molecule has 2 N–H and O–H groups in total. The number of benzene rings is 3. The van der Waals surface area contributed by atoms with Gasteiger partial charge in [0, 0.05) is 6.07 Å². The molecule has 1 heterocycles. The number of phenolic OH excluding ortho intramolecular Hbond substituents is 2. The number of hydrogen-bond donors (Lipinski definition) is 2. The normalized spacial score (nSPS) is 10.8. The molecular formula is C23H28O3. The minimum Gasteiger partial charge on any atom is -0.508 e. The second-order valence-corrected chi connectivity index (χ2v) is 5.23. The molecule has 0 atom stereocenters. The van der Waals surface area contributed by atoms with Crippen molar-refractivity contribution in [2.24, 2.45) is 0 Å². The Kier molecular flexibility index (Phi) is 10.8. The highest BCUT2D eigenvalue weighted by Crippen LogP contribution is 2.27. The van der Waals surface area contributed by atoms with Gasteiger partial charge in [0.05, 0.1) is 6.61 Å². The summed E-state index contributed by atoms with van der Waals surface area (Å²) in [6.07, 6.45) is 2.15. The smallest absolute Gasteiger partial charge is 0.126 e. The van der Waals surface area contributed by atoms with E-state index in [1.165, 1.54) is 5.56 Å². The van der Waals surface area contributed by atoms with Crippen LogP contribution in [0, 0.1) is 0 Å². The van der Waals surface area contributed by atoms with Crippen molar-refractivity contribution in [3.8, 4) is 17.2 Å². The Labute approximate surface area is 156 Å². The van der Waals surface area contributed by atoms with Crippen molar-refractivity contribution < 1.29 is 14.9 Å². The topological polar surface area (TPSA) is 49.7 Å². The fraction of sp³-hybridized carbons (Fsp3) is 0.217. The highest BCUT2D eigenvalue weighted by atomic mass is 16.5. The van der Waals surface area contributed by atoms with Crippen LogP contribution in [0.2, 0.25) is 0 Å². The van der Waals surface area contributed by atoms with Gasteiger partial charge in [-0.1, -0.05) is 74.5 Å². The molecule has 0 radical (unpaired) electrons. The molecule has 138 valence electrons. The highest BCUT2D eigenvalue weighted by molar-refractivity contribution is 5.40. The Balaban J connectivity index is 0.000000196. The van der Waals surface area contributed by atoms with Gasteiger partial charge in [-0.3, -0.25) is 0 Å². The summed E-state index contributed by atoms with van der Waals surface area (Å²) in [5, 5.41) is 17.7. The summed E-state index contributed by atoms with van der Waals surface area (Å²) < 4.78 is 5.34. The number of hydrogen-bond acceptors (Lipinski definition) is 3. The van der Waals surface area contributed by atoms with E-state index in [0.717, 1.165) is 25.2 Å². The number of fused-ring (bicyclic) bond motifs is 1. The Hall–Kier alpha value is -2.94. The van der Waals surface area contributed by atoms with E-state index in [1.807, 2.05) is 62.4 Å². The van der Waals surface area contributed by atoms with Crippen molar-refractivity contribution in [1.29, 1.82) is 0 Å². The number of para-hydroxylation sites is 1. The third kappa shape index (κ3) is 8.78. The van der Waals surface area contributed by atoms with Crippen molar-refractivity contribution in [1.82, 2.24) is 0 Å². The molecule has 3 heteroatoms. The van der Waals surface area contributed by atoms with E-state index in [0.29, 0.717) is 5.75 Å². The van der Waals surface area contributed by atoms with E-state index in [4.69, 9.17) is 14.9 Å². The van der Waals surface area contributed by atoms with Crippen LogP contribution in [0.3, 0.4) is 0 Å². The molecule has 3 aromatic rings. The Morgan fingerprint density at radius 1 is 0.692 bits per heavy atom. The maximum atomic E-state index is 9.11. The largest absolute Gasteiger partial charge is 0.508 e. The van der Waals surface area contributed by atoms with Gasteiger partial charge in [-0.15, -0.1) is 0 Å². The molecule has 0 fully saturated rings. The van der Waals surface area contributed by atoms with E-state index >= 15 is 0 Å². The second kappa shape index (κ2) is 13.4. The van der Waals surface area contributed by atoms with Crippen LogP contribution in [0.25, 0.3) is 0 Å². The van der Waals surface area contributed by atoms with Crippen LogP contribution >= 0.6 is 0 Å². The minimum absolute atomic E-state index is 0.283. The van der Waals surface area contributed by atoms with Gasteiger partial charge in [0.1, 0.15) is 17.2 Å². The van der Waals surface area contributed by atoms with Crippen molar-refractivity contribution in [3.05, 3.63) is 90.5 Å². The van der Waals surface area contributed by atoms with Gasteiger partial charge in [-0.2, -0.15) is 0 Å². The van der Waals surface area contributed by atoms with Crippen molar-refractivity contribution >= 4 is 0 Å². The first-order valence-electron chi connectivity index (χ1n) is 8.94.